The van der Waals surface area contributed by atoms with Gasteiger partial charge in [-0.3, -0.25) is 14.9 Å². The Morgan fingerprint density at radius 2 is 1.89 bits per heavy atom. The fourth-order valence-electron chi connectivity index (χ4n) is 2.36. The molecule has 2 aromatic carbocycles. The average molecular weight is 398 g/mol. The van der Waals surface area contributed by atoms with Crippen LogP contribution in [0.4, 0.5) is 5.69 Å². The molecule has 0 heterocycles. The van der Waals surface area contributed by atoms with Gasteiger partial charge in [0.05, 0.1) is 17.4 Å². The Labute approximate surface area is 170 Å². The van der Waals surface area contributed by atoms with Gasteiger partial charge in [0.25, 0.3) is 11.8 Å². The number of nitrogens with one attached hydrogen (secondary N) is 3. The van der Waals surface area contributed by atoms with Crippen LogP contribution in [0.15, 0.2) is 61.2 Å². The number of carbonyl (C=O) groups excluding carboxylic acids is 2. The summed E-state index contributed by atoms with van der Waals surface area (Å²) in [5.41, 5.74) is 1.32. The second-order valence-corrected chi connectivity index (χ2v) is 6.56. The minimum absolute atomic E-state index is 0.00444. The Morgan fingerprint density at radius 3 is 2.61 bits per heavy atom. The molecule has 0 aliphatic rings. The first-order valence-corrected chi connectivity index (χ1v) is 9.18. The van der Waals surface area contributed by atoms with E-state index in [0.29, 0.717) is 29.1 Å². The van der Waals surface area contributed by atoms with Crippen LogP contribution in [0.5, 0.6) is 5.75 Å². The fraction of sp³-hybridized carbons (Fsp3) is 0.190. The number of thiocarbonyl (C=S) groups is 1. The van der Waals surface area contributed by atoms with E-state index in [1.54, 1.807) is 54.6 Å². The molecule has 0 aromatic heterocycles. The summed E-state index contributed by atoms with van der Waals surface area (Å²) in [6, 6.07) is 13.7. The summed E-state index contributed by atoms with van der Waals surface area (Å²) in [4.78, 5) is 24.7. The Balaban J connectivity index is 2.05. The first-order valence-electron chi connectivity index (χ1n) is 8.78. The zero-order chi connectivity index (χ0) is 20.5. The molecule has 0 aliphatic heterocycles. The SMILES string of the molecule is C=CCNC(=O)c1ccccc1NC(=S)NC(=O)c1cccc(OC(C)C)c1. The molecule has 0 radical (unpaired) electrons. The molecule has 0 atom stereocenters. The largest absolute Gasteiger partial charge is 0.491 e. The van der Waals surface area contributed by atoms with Crippen LogP contribution >= 0.6 is 12.2 Å². The van der Waals surface area contributed by atoms with Gasteiger partial charge in [-0.05, 0) is 56.4 Å². The smallest absolute Gasteiger partial charge is 0.257 e. The Bertz CT molecular complexity index is 881. The second kappa shape index (κ2) is 10.2. The molecule has 3 N–H and O–H groups in total. The van der Waals surface area contributed by atoms with Gasteiger partial charge in [0, 0.05) is 12.1 Å². The fourth-order valence-corrected chi connectivity index (χ4v) is 2.56. The molecule has 7 heteroatoms. The molecule has 2 aromatic rings. The van der Waals surface area contributed by atoms with Gasteiger partial charge in [-0.15, -0.1) is 6.58 Å². The quantitative estimate of drug-likeness (QED) is 0.492. The number of rotatable bonds is 7. The van der Waals surface area contributed by atoms with Crippen molar-refractivity contribution >= 4 is 34.8 Å². The molecule has 6 nitrogen and oxygen atoms in total. The highest BCUT2D eigenvalue weighted by molar-refractivity contribution is 7.80. The zero-order valence-electron chi connectivity index (χ0n) is 15.8. The van der Waals surface area contributed by atoms with Crippen molar-refractivity contribution in [2.75, 3.05) is 11.9 Å². The van der Waals surface area contributed by atoms with Gasteiger partial charge in [-0.1, -0.05) is 24.3 Å². The van der Waals surface area contributed by atoms with E-state index >= 15 is 0 Å². The highest BCUT2D eigenvalue weighted by Crippen LogP contribution is 2.16. The van der Waals surface area contributed by atoms with Gasteiger partial charge in [-0.2, -0.15) is 0 Å². The van der Waals surface area contributed by atoms with Gasteiger partial charge in [0.15, 0.2) is 5.11 Å². The van der Waals surface area contributed by atoms with Crippen LogP contribution in [0.2, 0.25) is 0 Å². The minimum atomic E-state index is -0.375. The molecule has 2 rings (SSSR count). The third-order valence-corrected chi connectivity index (χ3v) is 3.73. The van der Waals surface area contributed by atoms with Crippen LogP contribution in [0.25, 0.3) is 0 Å². The van der Waals surface area contributed by atoms with Crippen LogP contribution < -0.4 is 20.7 Å². The molecule has 0 spiro atoms. The van der Waals surface area contributed by atoms with E-state index in [4.69, 9.17) is 17.0 Å². The van der Waals surface area contributed by atoms with Crippen LogP contribution in [0.3, 0.4) is 0 Å². The molecule has 2 amide bonds. The van der Waals surface area contributed by atoms with E-state index in [9.17, 15) is 9.59 Å². The van der Waals surface area contributed by atoms with E-state index in [0.717, 1.165) is 0 Å². The third kappa shape index (κ3) is 6.21. The number of carbonyl (C=O) groups is 2. The Kier molecular flexibility index (Phi) is 7.71. The second-order valence-electron chi connectivity index (χ2n) is 6.15. The summed E-state index contributed by atoms with van der Waals surface area (Å²) >= 11 is 5.23. The lowest BCUT2D eigenvalue weighted by molar-refractivity contribution is 0.0956. The predicted octanol–water partition coefficient (Wildman–Crippen LogP) is 3.52. The lowest BCUT2D eigenvalue weighted by Gasteiger charge is -2.14. The molecule has 0 saturated heterocycles. The van der Waals surface area contributed by atoms with E-state index in [-0.39, 0.29) is 23.0 Å². The summed E-state index contributed by atoms with van der Waals surface area (Å²) in [5, 5.41) is 8.31. The number of ether oxygens (including phenoxy) is 1. The first-order chi connectivity index (χ1) is 13.4. The molecular weight excluding hydrogens is 374 g/mol. The Morgan fingerprint density at radius 1 is 1.14 bits per heavy atom. The molecule has 0 fully saturated rings. The number of hydrogen-bond donors (Lipinski definition) is 3. The molecular formula is C21H23N3O3S. The van der Waals surface area contributed by atoms with Gasteiger partial charge in [-0.25, -0.2) is 0 Å². The molecule has 0 aliphatic carbocycles. The van der Waals surface area contributed by atoms with E-state index in [1.807, 2.05) is 13.8 Å². The van der Waals surface area contributed by atoms with Crippen molar-refractivity contribution in [1.82, 2.24) is 10.6 Å². The van der Waals surface area contributed by atoms with Crippen molar-refractivity contribution in [3.05, 3.63) is 72.3 Å². The standard InChI is InChI=1S/C21H23N3O3S/c1-4-12-22-20(26)17-10-5-6-11-18(17)23-21(28)24-19(25)15-8-7-9-16(13-15)27-14(2)3/h4-11,13-14H,1,12H2,2-3H3,(H,22,26)(H2,23,24,25,28). The zero-order valence-corrected chi connectivity index (χ0v) is 16.6. The monoisotopic (exact) mass is 397 g/mol. The maximum Gasteiger partial charge on any atom is 0.257 e. The topological polar surface area (TPSA) is 79.5 Å². The summed E-state index contributed by atoms with van der Waals surface area (Å²) in [7, 11) is 0. The number of hydrogen-bond acceptors (Lipinski definition) is 4. The van der Waals surface area contributed by atoms with E-state index < -0.39 is 0 Å². The Hall–Kier alpha value is -3.19. The lowest BCUT2D eigenvalue weighted by atomic mass is 10.1. The van der Waals surface area contributed by atoms with Crippen LogP contribution in [-0.2, 0) is 0 Å². The maximum atomic E-state index is 12.5. The molecule has 146 valence electrons. The summed E-state index contributed by atoms with van der Waals surface area (Å²) < 4.78 is 5.60. The first kappa shape index (κ1) is 21.1. The van der Waals surface area contributed by atoms with Crippen LogP contribution in [0, 0.1) is 0 Å². The highest BCUT2D eigenvalue weighted by atomic mass is 32.1. The molecule has 28 heavy (non-hydrogen) atoms. The molecule has 0 unspecified atom stereocenters. The van der Waals surface area contributed by atoms with Crippen molar-refractivity contribution in [3.8, 4) is 5.75 Å². The van der Waals surface area contributed by atoms with Gasteiger partial charge >= 0.3 is 0 Å². The van der Waals surface area contributed by atoms with Gasteiger partial charge < -0.3 is 15.4 Å². The molecule has 0 saturated carbocycles. The van der Waals surface area contributed by atoms with Gasteiger partial charge in [0.2, 0.25) is 0 Å². The van der Waals surface area contributed by atoms with Crippen LogP contribution in [-0.4, -0.2) is 29.6 Å². The minimum Gasteiger partial charge on any atom is -0.491 e. The van der Waals surface area contributed by atoms with Crippen molar-refractivity contribution < 1.29 is 14.3 Å². The number of anilines is 1. The third-order valence-electron chi connectivity index (χ3n) is 3.52. The summed E-state index contributed by atoms with van der Waals surface area (Å²) in [6.07, 6.45) is 1.60. The summed E-state index contributed by atoms with van der Waals surface area (Å²) in [6.45, 7) is 7.75. The predicted molar refractivity (Wildman–Crippen MR) is 115 cm³/mol. The van der Waals surface area contributed by atoms with Crippen molar-refractivity contribution in [1.29, 1.82) is 0 Å². The summed E-state index contributed by atoms with van der Waals surface area (Å²) in [5.74, 6) is -0.0401. The lowest BCUT2D eigenvalue weighted by Crippen LogP contribution is -2.35. The van der Waals surface area contributed by atoms with Crippen molar-refractivity contribution in [3.63, 3.8) is 0 Å². The maximum absolute atomic E-state index is 12.5. The van der Waals surface area contributed by atoms with E-state index in [1.165, 1.54) is 0 Å². The number of amides is 2. The number of benzene rings is 2. The van der Waals surface area contributed by atoms with Gasteiger partial charge in [0.1, 0.15) is 5.75 Å². The highest BCUT2D eigenvalue weighted by Gasteiger charge is 2.13. The van der Waals surface area contributed by atoms with E-state index in [2.05, 4.69) is 22.5 Å². The number of para-hydroxylation sites is 1. The normalized spacial score (nSPS) is 10.1. The van der Waals surface area contributed by atoms with Crippen LogP contribution in [0.1, 0.15) is 34.6 Å². The average Bonchev–Trinajstić information content (AvgIpc) is 2.66. The molecule has 0 bridgehead atoms. The van der Waals surface area contributed by atoms with Crippen molar-refractivity contribution in [2.24, 2.45) is 0 Å². The van der Waals surface area contributed by atoms with Crippen molar-refractivity contribution in [2.45, 2.75) is 20.0 Å².